The lowest BCUT2D eigenvalue weighted by molar-refractivity contribution is 0.0779. The van der Waals surface area contributed by atoms with Crippen molar-refractivity contribution in [2.45, 2.75) is 6.54 Å². The summed E-state index contributed by atoms with van der Waals surface area (Å²) in [7, 11) is 3.56. The number of thiazole rings is 2. The molecule has 118 valence electrons. The van der Waals surface area contributed by atoms with Gasteiger partial charge in [0.1, 0.15) is 10.7 Å². The van der Waals surface area contributed by atoms with Crippen molar-refractivity contribution in [3.8, 4) is 10.6 Å². The van der Waals surface area contributed by atoms with Gasteiger partial charge in [0.2, 0.25) is 0 Å². The van der Waals surface area contributed by atoms with Crippen LogP contribution in [0.25, 0.3) is 10.6 Å². The smallest absolute Gasteiger partial charge is 0.273 e. The first-order valence-electron chi connectivity index (χ1n) is 7.06. The van der Waals surface area contributed by atoms with Crippen molar-refractivity contribution in [1.29, 1.82) is 0 Å². The molecule has 0 bridgehead atoms. The molecule has 1 aromatic carbocycles. The maximum atomic E-state index is 12.4. The quantitative estimate of drug-likeness (QED) is 0.768. The van der Waals surface area contributed by atoms with Gasteiger partial charge in [0.25, 0.3) is 5.91 Å². The van der Waals surface area contributed by atoms with Gasteiger partial charge in [-0.15, -0.1) is 22.7 Å². The van der Waals surface area contributed by atoms with E-state index in [0.717, 1.165) is 21.4 Å². The summed E-state index contributed by atoms with van der Waals surface area (Å²) >= 11 is 3.01. The summed E-state index contributed by atoms with van der Waals surface area (Å²) in [5, 5.41) is 8.40. The normalized spacial score (nSPS) is 10.5. The maximum absolute atomic E-state index is 12.4. The molecule has 23 heavy (non-hydrogen) atoms. The summed E-state index contributed by atoms with van der Waals surface area (Å²) in [4.78, 5) is 22.9. The van der Waals surface area contributed by atoms with Crippen LogP contribution in [0, 0.1) is 0 Å². The molecule has 0 saturated heterocycles. The number of carbonyl (C=O) groups excluding carboxylic acids is 1. The molecule has 2 heterocycles. The third-order valence-corrected chi connectivity index (χ3v) is 5.06. The van der Waals surface area contributed by atoms with E-state index in [1.54, 1.807) is 35.7 Å². The molecule has 1 amide bonds. The molecule has 0 saturated carbocycles. The first kappa shape index (κ1) is 15.6. The second kappa shape index (κ2) is 6.89. The number of nitrogens with zero attached hydrogens (tertiary/aromatic N) is 3. The van der Waals surface area contributed by atoms with Crippen LogP contribution < -0.4 is 5.32 Å². The number of rotatable bonds is 5. The number of aromatic nitrogens is 2. The van der Waals surface area contributed by atoms with Crippen LogP contribution in [0.5, 0.6) is 0 Å². The highest BCUT2D eigenvalue weighted by Gasteiger charge is 2.16. The van der Waals surface area contributed by atoms with Crippen molar-refractivity contribution < 1.29 is 4.79 Å². The summed E-state index contributed by atoms with van der Waals surface area (Å²) < 4.78 is 0. The molecule has 7 heteroatoms. The second-order valence-electron chi connectivity index (χ2n) is 4.96. The Labute approximate surface area is 142 Å². The molecule has 0 aliphatic rings. The predicted octanol–water partition coefficient (Wildman–Crippen LogP) is 3.58. The lowest BCUT2D eigenvalue weighted by Crippen LogP contribution is -2.26. The third-order valence-electron chi connectivity index (χ3n) is 3.26. The van der Waals surface area contributed by atoms with Gasteiger partial charge in [-0.3, -0.25) is 4.79 Å². The summed E-state index contributed by atoms with van der Waals surface area (Å²) in [5.41, 5.74) is 2.44. The van der Waals surface area contributed by atoms with E-state index in [0.29, 0.717) is 12.2 Å². The van der Waals surface area contributed by atoms with Gasteiger partial charge >= 0.3 is 0 Å². The average molecular weight is 344 g/mol. The van der Waals surface area contributed by atoms with Crippen LogP contribution in [0.1, 0.15) is 16.2 Å². The van der Waals surface area contributed by atoms with E-state index in [4.69, 9.17) is 0 Å². The summed E-state index contributed by atoms with van der Waals surface area (Å²) in [6.45, 7) is 0.467. The number of nitrogens with one attached hydrogen (secondary N) is 1. The molecule has 0 spiro atoms. The van der Waals surface area contributed by atoms with Crippen molar-refractivity contribution in [2.75, 3.05) is 19.4 Å². The minimum Gasteiger partial charge on any atom is -0.365 e. The second-order valence-corrected chi connectivity index (χ2v) is 6.68. The lowest BCUT2D eigenvalue weighted by Gasteiger charge is -2.14. The van der Waals surface area contributed by atoms with E-state index in [-0.39, 0.29) is 5.91 Å². The summed E-state index contributed by atoms with van der Waals surface area (Å²) in [5.74, 6) is -0.1000. The van der Waals surface area contributed by atoms with Crippen LogP contribution in [0.3, 0.4) is 0 Å². The van der Waals surface area contributed by atoms with Crippen molar-refractivity contribution in [1.82, 2.24) is 14.9 Å². The molecule has 0 fully saturated rings. The highest BCUT2D eigenvalue weighted by atomic mass is 32.1. The Hall–Kier alpha value is -2.25. The van der Waals surface area contributed by atoms with Gasteiger partial charge in [0.05, 0.1) is 12.2 Å². The highest BCUT2D eigenvalue weighted by molar-refractivity contribution is 7.14. The fraction of sp³-hybridized carbons (Fsp3) is 0.188. The standard InChI is InChI=1S/C16H16N4OS2/c1-17-16-19-13(10-23-16)15(21)20(2)8-12-9-22-14(18-12)11-6-4-3-5-7-11/h3-7,9-10H,8H2,1-2H3,(H,17,19). The number of benzene rings is 1. The Bertz CT molecular complexity index is 797. The van der Waals surface area contributed by atoms with E-state index in [9.17, 15) is 4.79 Å². The van der Waals surface area contributed by atoms with Gasteiger partial charge in [-0.25, -0.2) is 9.97 Å². The number of anilines is 1. The minimum atomic E-state index is -0.1000. The lowest BCUT2D eigenvalue weighted by atomic mass is 10.2. The molecule has 0 radical (unpaired) electrons. The van der Waals surface area contributed by atoms with Crippen LogP contribution in [0.2, 0.25) is 0 Å². The van der Waals surface area contributed by atoms with Gasteiger partial charge in [0, 0.05) is 30.4 Å². The van der Waals surface area contributed by atoms with Gasteiger partial charge in [-0.1, -0.05) is 30.3 Å². The zero-order valence-corrected chi connectivity index (χ0v) is 14.4. The van der Waals surface area contributed by atoms with Crippen molar-refractivity contribution >= 4 is 33.7 Å². The zero-order chi connectivity index (χ0) is 16.2. The first-order valence-corrected chi connectivity index (χ1v) is 8.82. The van der Waals surface area contributed by atoms with Gasteiger partial charge < -0.3 is 10.2 Å². The monoisotopic (exact) mass is 344 g/mol. The Balaban J connectivity index is 1.69. The number of amides is 1. The molecule has 3 aromatic rings. The maximum Gasteiger partial charge on any atom is 0.273 e. The summed E-state index contributed by atoms with van der Waals surface area (Å²) in [6, 6.07) is 10.0. The van der Waals surface area contributed by atoms with E-state index in [1.165, 1.54) is 11.3 Å². The van der Waals surface area contributed by atoms with Crippen LogP contribution in [0.15, 0.2) is 41.1 Å². The zero-order valence-electron chi connectivity index (χ0n) is 12.8. The molecular weight excluding hydrogens is 328 g/mol. The van der Waals surface area contributed by atoms with Crippen LogP contribution >= 0.6 is 22.7 Å². The number of hydrogen-bond acceptors (Lipinski definition) is 6. The highest BCUT2D eigenvalue weighted by Crippen LogP contribution is 2.24. The predicted molar refractivity (Wildman–Crippen MR) is 95.0 cm³/mol. The fourth-order valence-electron chi connectivity index (χ4n) is 2.09. The van der Waals surface area contributed by atoms with Crippen molar-refractivity contribution in [3.05, 3.63) is 52.5 Å². The Morgan fingerprint density at radius 1 is 1.17 bits per heavy atom. The number of hydrogen-bond donors (Lipinski definition) is 1. The Morgan fingerprint density at radius 2 is 1.96 bits per heavy atom. The molecule has 2 aromatic heterocycles. The molecule has 0 aliphatic carbocycles. The topological polar surface area (TPSA) is 58.1 Å². The summed E-state index contributed by atoms with van der Waals surface area (Å²) in [6.07, 6.45) is 0. The van der Waals surface area contributed by atoms with Gasteiger partial charge in [-0.05, 0) is 0 Å². The fourth-order valence-corrected chi connectivity index (χ4v) is 3.55. The van der Waals surface area contributed by atoms with E-state index in [1.807, 2.05) is 35.7 Å². The molecule has 0 unspecified atom stereocenters. The molecule has 0 aliphatic heterocycles. The van der Waals surface area contributed by atoms with Crippen molar-refractivity contribution in [2.24, 2.45) is 0 Å². The molecule has 1 N–H and O–H groups in total. The minimum absolute atomic E-state index is 0.1000. The van der Waals surface area contributed by atoms with Crippen LogP contribution in [-0.4, -0.2) is 34.9 Å². The van der Waals surface area contributed by atoms with Gasteiger partial charge in [0.15, 0.2) is 5.13 Å². The Morgan fingerprint density at radius 3 is 2.65 bits per heavy atom. The SMILES string of the molecule is CNc1nc(C(=O)N(C)Cc2csc(-c3ccccc3)n2)cs1. The molecular formula is C16H16N4OS2. The largest absolute Gasteiger partial charge is 0.365 e. The third kappa shape index (κ3) is 3.57. The van der Waals surface area contributed by atoms with Crippen LogP contribution in [-0.2, 0) is 6.54 Å². The van der Waals surface area contributed by atoms with Crippen LogP contribution in [0.4, 0.5) is 5.13 Å². The molecule has 0 atom stereocenters. The molecule has 3 rings (SSSR count). The van der Waals surface area contributed by atoms with Crippen molar-refractivity contribution in [3.63, 3.8) is 0 Å². The van der Waals surface area contributed by atoms with E-state index in [2.05, 4.69) is 15.3 Å². The average Bonchev–Trinajstić information content (AvgIpc) is 3.24. The molecule has 5 nitrogen and oxygen atoms in total. The van der Waals surface area contributed by atoms with Gasteiger partial charge in [-0.2, -0.15) is 0 Å². The number of carbonyl (C=O) groups is 1. The van der Waals surface area contributed by atoms with E-state index < -0.39 is 0 Å². The van der Waals surface area contributed by atoms with E-state index >= 15 is 0 Å². The first-order chi connectivity index (χ1) is 11.2. The Kier molecular flexibility index (Phi) is 4.68.